The normalized spacial score (nSPS) is 15.6. The van der Waals surface area contributed by atoms with Gasteiger partial charge in [0.1, 0.15) is 0 Å². The minimum Gasteiger partial charge on any atom is -0.340 e. The van der Waals surface area contributed by atoms with Crippen LogP contribution in [0.25, 0.3) is 0 Å². The average Bonchev–Trinajstić information content (AvgIpc) is 2.53. The molecule has 0 atom stereocenters. The van der Waals surface area contributed by atoms with E-state index >= 15 is 0 Å². The summed E-state index contributed by atoms with van der Waals surface area (Å²) < 4.78 is 1.10. The number of rotatable bonds is 6. The molecule has 5 heteroatoms. The Morgan fingerprint density at radius 2 is 1.91 bits per heavy atom. The zero-order chi connectivity index (χ0) is 15.9. The molecule has 1 amide bonds. The summed E-state index contributed by atoms with van der Waals surface area (Å²) in [6.45, 7) is 9.59. The van der Waals surface area contributed by atoms with E-state index in [9.17, 15) is 4.79 Å². The third-order valence-electron chi connectivity index (χ3n) is 4.11. The van der Waals surface area contributed by atoms with Crippen LogP contribution in [0.5, 0.6) is 0 Å². The van der Waals surface area contributed by atoms with Crippen molar-refractivity contribution >= 4 is 21.8 Å². The predicted molar refractivity (Wildman–Crippen MR) is 93.8 cm³/mol. The van der Waals surface area contributed by atoms with Crippen LogP contribution < -0.4 is 5.32 Å². The van der Waals surface area contributed by atoms with Crippen LogP contribution in [-0.4, -0.2) is 54.5 Å². The van der Waals surface area contributed by atoms with Crippen molar-refractivity contribution in [1.82, 2.24) is 15.1 Å². The summed E-state index contributed by atoms with van der Waals surface area (Å²) in [5, 5.41) is 3.28. The molecule has 2 rings (SSSR count). The molecule has 1 aromatic carbocycles. The zero-order valence-electron chi connectivity index (χ0n) is 13.5. The molecule has 1 fully saturated rings. The Hall–Kier alpha value is -0.910. The Bertz CT molecular complexity index is 469. The molecule has 0 aliphatic carbocycles. The maximum atomic E-state index is 12.3. The summed E-state index contributed by atoms with van der Waals surface area (Å²) in [6, 6.07) is 8.84. The first-order valence-corrected chi connectivity index (χ1v) is 8.82. The molecule has 0 unspecified atom stereocenters. The number of nitrogens with zero attached hydrogens (tertiary/aromatic N) is 2. The lowest BCUT2D eigenvalue weighted by atomic mass is 10.1. The Balaban J connectivity index is 1.85. The fourth-order valence-electron chi connectivity index (χ4n) is 2.66. The number of halogens is 1. The van der Waals surface area contributed by atoms with Gasteiger partial charge in [-0.25, -0.2) is 0 Å². The molecule has 0 bridgehead atoms. The highest BCUT2D eigenvalue weighted by atomic mass is 79.9. The predicted octanol–water partition coefficient (Wildman–Crippen LogP) is 2.48. The molecule has 0 radical (unpaired) electrons. The van der Waals surface area contributed by atoms with E-state index in [1.54, 1.807) is 0 Å². The van der Waals surface area contributed by atoms with E-state index in [4.69, 9.17) is 0 Å². The molecule has 1 heterocycles. The molecule has 1 N–H and O–H groups in total. The Kier molecular flexibility index (Phi) is 6.86. The van der Waals surface area contributed by atoms with Crippen LogP contribution in [0.15, 0.2) is 28.7 Å². The highest BCUT2D eigenvalue weighted by Crippen LogP contribution is 2.14. The van der Waals surface area contributed by atoms with Gasteiger partial charge in [0.05, 0.1) is 0 Å². The maximum Gasteiger partial charge on any atom is 0.223 e. The molecular weight excluding hydrogens is 342 g/mol. The van der Waals surface area contributed by atoms with Gasteiger partial charge in [-0.2, -0.15) is 0 Å². The van der Waals surface area contributed by atoms with Gasteiger partial charge in [-0.1, -0.05) is 28.1 Å². The summed E-state index contributed by atoms with van der Waals surface area (Å²) in [5.74, 6) is 0.281. The van der Waals surface area contributed by atoms with Gasteiger partial charge in [0.25, 0.3) is 0 Å². The highest BCUT2D eigenvalue weighted by Gasteiger charge is 2.18. The standard InChI is InChI=1S/C17H26BrN3O/c1-14(2)21(13-15-3-5-16(18)6-4-15)10-7-17(22)20-11-8-19-9-12-20/h3-6,14,19H,7-13H2,1-2H3. The van der Waals surface area contributed by atoms with Gasteiger partial charge in [-0.15, -0.1) is 0 Å². The summed E-state index contributed by atoms with van der Waals surface area (Å²) in [7, 11) is 0. The van der Waals surface area contributed by atoms with Crippen LogP contribution >= 0.6 is 15.9 Å². The Labute approximate surface area is 142 Å². The van der Waals surface area contributed by atoms with Gasteiger partial charge in [-0.3, -0.25) is 9.69 Å². The molecule has 1 aliphatic rings. The van der Waals surface area contributed by atoms with E-state index in [0.29, 0.717) is 12.5 Å². The first kappa shape index (κ1) is 17.4. The van der Waals surface area contributed by atoms with Crippen LogP contribution in [0.1, 0.15) is 25.8 Å². The average molecular weight is 368 g/mol. The quantitative estimate of drug-likeness (QED) is 0.838. The van der Waals surface area contributed by atoms with E-state index in [-0.39, 0.29) is 5.91 Å². The summed E-state index contributed by atoms with van der Waals surface area (Å²) in [6.07, 6.45) is 0.606. The van der Waals surface area contributed by atoms with Crippen molar-refractivity contribution in [2.75, 3.05) is 32.7 Å². The molecule has 1 aliphatic heterocycles. The summed E-state index contributed by atoms with van der Waals surface area (Å²) in [4.78, 5) is 16.6. The van der Waals surface area contributed by atoms with Gasteiger partial charge < -0.3 is 10.2 Å². The third-order valence-corrected chi connectivity index (χ3v) is 4.64. The first-order chi connectivity index (χ1) is 10.6. The number of nitrogens with one attached hydrogen (secondary N) is 1. The molecule has 1 aromatic rings. The smallest absolute Gasteiger partial charge is 0.223 e. The second-order valence-corrected chi connectivity index (χ2v) is 6.99. The SMILES string of the molecule is CC(C)N(CCC(=O)N1CCNCC1)Cc1ccc(Br)cc1. The Morgan fingerprint density at radius 3 is 2.50 bits per heavy atom. The minimum atomic E-state index is 0.281. The maximum absolute atomic E-state index is 12.3. The molecule has 0 saturated carbocycles. The molecular formula is C17H26BrN3O. The number of carbonyl (C=O) groups excluding carboxylic acids is 1. The number of hydrogen-bond donors (Lipinski definition) is 1. The van der Waals surface area contributed by atoms with Gasteiger partial charge in [0, 0.05) is 56.2 Å². The number of benzene rings is 1. The lowest BCUT2D eigenvalue weighted by molar-refractivity contribution is -0.132. The summed E-state index contributed by atoms with van der Waals surface area (Å²) in [5.41, 5.74) is 1.28. The lowest BCUT2D eigenvalue weighted by Crippen LogP contribution is -2.47. The number of carbonyl (C=O) groups is 1. The fourth-order valence-corrected chi connectivity index (χ4v) is 2.92. The zero-order valence-corrected chi connectivity index (χ0v) is 15.1. The van der Waals surface area contributed by atoms with E-state index in [1.165, 1.54) is 5.56 Å². The van der Waals surface area contributed by atoms with Crippen molar-refractivity contribution in [3.63, 3.8) is 0 Å². The van der Waals surface area contributed by atoms with Gasteiger partial charge >= 0.3 is 0 Å². The van der Waals surface area contributed by atoms with Crippen molar-refractivity contribution in [1.29, 1.82) is 0 Å². The minimum absolute atomic E-state index is 0.281. The van der Waals surface area contributed by atoms with E-state index in [0.717, 1.165) is 43.7 Å². The second-order valence-electron chi connectivity index (χ2n) is 6.07. The second kappa shape index (κ2) is 8.65. The van der Waals surface area contributed by atoms with E-state index in [1.807, 2.05) is 4.90 Å². The van der Waals surface area contributed by atoms with E-state index < -0.39 is 0 Å². The monoisotopic (exact) mass is 367 g/mol. The number of hydrogen-bond acceptors (Lipinski definition) is 3. The van der Waals surface area contributed by atoms with Gasteiger partial charge in [-0.05, 0) is 31.5 Å². The molecule has 122 valence electrons. The van der Waals surface area contributed by atoms with Crippen molar-refractivity contribution in [2.45, 2.75) is 32.9 Å². The molecule has 0 spiro atoms. The largest absolute Gasteiger partial charge is 0.340 e. The van der Waals surface area contributed by atoms with E-state index in [2.05, 4.69) is 64.3 Å². The fraction of sp³-hybridized carbons (Fsp3) is 0.588. The first-order valence-electron chi connectivity index (χ1n) is 8.03. The van der Waals surface area contributed by atoms with Crippen LogP contribution in [0.4, 0.5) is 0 Å². The van der Waals surface area contributed by atoms with Crippen LogP contribution in [-0.2, 0) is 11.3 Å². The molecule has 1 saturated heterocycles. The van der Waals surface area contributed by atoms with Crippen LogP contribution in [0.3, 0.4) is 0 Å². The molecule has 22 heavy (non-hydrogen) atoms. The van der Waals surface area contributed by atoms with Gasteiger partial charge in [0.15, 0.2) is 0 Å². The van der Waals surface area contributed by atoms with Crippen molar-refractivity contribution in [3.05, 3.63) is 34.3 Å². The Morgan fingerprint density at radius 1 is 1.27 bits per heavy atom. The molecule has 0 aromatic heterocycles. The number of piperazine rings is 1. The number of amides is 1. The van der Waals surface area contributed by atoms with Gasteiger partial charge in [0.2, 0.25) is 5.91 Å². The van der Waals surface area contributed by atoms with Crippen molar-refractivity contribution < 1.29 is 4.79 Å². The highest BCUT2D eigenvalue weighted by molar-refractivity contribution is 9.10. The summed E-state index contributed by atoms with van der Waals surface area (Å²) >= 11 is 3.47. The lowest BCUT2D eigenvalue weighted by Gasteiger charge is -2.30. The van der Waals surface area contributed by atoms with Crippen LogP contribution in [0, 0.1) is 0 Å². The van der Waals surface area contributed by atoms with Crippen LogP contribution in [0.2, 0.25) is 0 Å². The third kappa shape index (κ3) is 5.38. The topological polar surface area (TPSA) is 35.6 Å². The van der Waals surface area contributed by atoms with Crippen molar-refractivity contribution in [2.24, 2.45) is 0 Å². The molecule has 4 nitrogen and oxygen atoms in total. The van der Waals surface area contributed by atoms with Crippen molar-refractivity contribution in [3.8, 4) is 0 Å².